The first-order valence-corrected chi connectivity index (χ1v) is 7.30. The van der Waals surface area contributed by atoms with Crippen molar-refractivity contribution in [3.63, 3.8) is 0 Å². The van der Waals surface area contributed by atoms with E-state index in [0.29, 0.717) is 10.7 Å². The number of para-hydroxylation sites is 1. The summed E-state index contributed by atoms with van der Waals surface area (Å²) in [6.45, 7) is 0. The molecule has 19 heavy (non-hydrogen) atoms. The van der Waals surface area contributed by atoms with Crippen molar-refractivity contribution in [3.05, 3.63) is 47.6 Å². The fourth-order valence-corrected chi connectivity index (χ4v) is 2.87. The van der Waals surface area contributed by atoms with Gasteiger partial charge in [-0.3, -0.25) is 4.72 Å². The van der Waals surface area contributed by atoms with E-state index in [4.69, 9.17) is 11.6 Å². The van der Waals surface area contributed by atoms with Crippen LogP contribution in [0.3, 0.4) is 0 Å². The van der Waals surface area contributed by atoms with Crippen LogP contribution in [-0.4, -0.2) is 20.4 Å². The number of hydrogen-bond donors (Lipinski definition) is 2. The highest BCUT2D eigenvalue weighted by Crippen LogP contribution is 2.22. The Morgan fingerprint density at radius 3 is 2.53 bits per heavy atom. The minimum atomic E-state index is -3.69. The molecule has 0 fully saturated rings. The highest BCUT2D eigenvalue weighted by molar-refractivity contribution is 7.92. The van der Waals surface area contributed by atoms with Crippen molar-refractivity contribution in [3.8, 4) is 0 Å². The number of nitrogens with zero attached hydrogens (tertiary/aromatic N) is 1. The maximum absolute atomic E-state index is 12.2. The van der Waals surface area contributed by atoms with Crippen molar-refractivity contribution < 1.29 is 8.42 Å². The summed E-state index contributed by atoms with van der Waals surface area (Å²) in [5.74, 6) is 0.218. The zero-order valence-electron chi connectivity index (χ0n) is 10.1. The Hall–Kier alpha value is -1.79. The molecule has 1 heterocycles. The summed E-state index contributed by atoms with van der Waals surface area (Å²) in [6.07, 6.45) is 1.38. The first-order chi connectivity index (χ1) is 9.03. The molecule has 0 radical (unpaired) electrons. The number of hydrogen-bond acceptors (Lipinski definition) is 4. The van der Waals surface area contributed by atoms with Crippen molar-refractivity contribution in [1.29, 1.82) is 0 Å². The molecule has 2 N–H and O–H groups in total. The lowest BCUT2D eigenvalue weighted by atomic mass is 10.3. The lowest BCUT2D eigenvalue weighted by Crippen LogP contribution is -2.15. The van der Waals surface area contributed by atoms with Crippen LogP contribution in [0.4, 0.5) is 11.5 Å². The third kappa shape index (κ3) is 3.15. The monoisotopic (exact) mass is 297 g/mol. The van der Waals surface area contributed by atoms with E-state index in [2.05, 4.69) is 15.0 Å². The summed E-state index contributed by atoms with van der Waals surface area (Å²) in [6, 6.07) is 9.68. The Bertz CT molecular complexity index is 672. The first kappa shape index (κ1) is 13.6. The Balaban J connectivity index is 2.35. The number of halogens is 1. The van der Waals surface area contributed by atoms with E-state index < -0.39 is 10.0 Å². The van der Waals surface area contributed by atoms with Crippen LogP contribution in [-0.2, 0) is 10.0 Å². The maximum atomic E-state index is 12.2. The summed E-state index contributed by atoms with van der Waals surface area (Å²) in [5.41, 5.74) is 0.518. The van der Waals surface area contributed by atoms with Gasteiger partial charge in [-0.1, -0.05) is 23.7 Å². The van der Waals surface area contributed by atoms with E-state index in [1.165, 1.54) is 18.3 Å². The molecular weight excluding hydrogens is 286 g/mol. The molecule has 5 nitrogen and oxygen atoms in total. The second-order valence-corrected chi connectivity index (χ2v) is 5.80. The van der Waals surface area contributed by atoms with Gasteiger partial charge in [0.2, 0.25) is 0 Å². The van der Waals surface area contributed by atoms with E-state index >= 15 is 0 Å². The molecule has 0 atom stereocenters. The van der Waals surface area contributed by atoms with Crippen LogP contribution in [0.2, 0.25) is 5.02 Å². The topological polar surface area (TPSA) is 71.1 Å². The molecule has 0 unspecified atom stereocenters. The van der Waals surface area contributed by atoms with Gasteiger partial charge in [0, 0.05) is 13.2 Å². The zero-order valence-corrected chi connectivity index (χ0v) is 11.7. The summed E-state index contributed by atoms with van der Waals surface area (Å²) in [4.78, 5) is 4.06. The molecule has 0 saturated heterocycles. The van der Waals surface area contributed by atoms with Crippen LogP contribution in [0.25, 0.3) is 0 Å². The maximum Gasteiger partial charge on any atom is 0.265 e. The number of nitrogens with one attached hydrogen (secondary N) is 2. The minimum Gasteiger partial charge on any atom is -0.387 e. The Kier molecular flexibility index (Phi) is 3.92. The van der Waals surface area contributed by atoms with E-state index in [1.54, 1.807) is 31.3 Å². The number of rotatable bonds is 4. The molecule has 2 rings (SSSR count). The molecule has 100 valence electrons. The Labute approximate surface area is 116 Å². The van der Waals surface area contributed by atoms with Crippen LogP contribution < -0.4 is 10.0 Å². The van der Waals surface area contributed by atoms with E-state index in [0.717, 1.165) is 0 Å². The number of pyridine rings is 1. The molecular formula is C12H12ClN3O2S. The predicted octanol–water partition coefficient (Wildman–Crippen LogP) is 2.58. The van der Waals surface area contributed by atoms with Crippen molar-refractivity contribution in [2.24, 2.45) is 0 Å². The van der Waals surface area contributed by atoms with Gasteiger partial charge in [-0.25, -0.2) is 13.4 Å². The predicted molar refractivity (Wildman–Crippen MR) is 76.0 cm³/mol. The number of benzene rings is 1. The summed E-state index contributed by atoms with van der Waals surface area (Å²) < 4.78 is 26.9. The minimum absolute atomic E-state index is 0.161. The quantitative estimate of drug-likeness (QED) is 0.910. The average molecular weight is 298 g/mol. The van der Waals surface area contributed by atoms with Crippen LogP contribution in [0.15, 0.2) is 47.5 Å². The lowest BCUT2D eigenvalue weighted by molar-refractivity contribution is 0.601. The summed E-state index contributed by atoms with van der Waals surface area (Å²) in [7, 11) is -2.03. The molecule has 0 aliphatic carbocycles. The molecule has 2 aromatic rings. The van der Waals surface area contributed by atoms with Gasteiger partial charge in [0.1, 0.15) is 10.7 Å². The number of aromatic nitrogens is 1. The highest BCUT2D eigenvalue weighted by Gasteiger charge is 2.18. The second kappa shape index (κ2) is 5.46. The van der Waals surface area contributed by atoms with Crippen LogP contribution in [0.1, 0.15) is 0 Å². The third-order valence-electron chi connectivity index (χ3n) is 2.41. The average Bonchev–Trinajstić information content (AvgIpc) is 2.41. The van der Waals surface area contributed by atoms with Crippen molar-refractivity contribution in [1.82, 2.24) is 4.98 Å². The van der Waals surface area contributed by atoms with Crippen LogP contribution >= 0.6 is 11.6 Å². The van der Waals surface area contributed by atoms with Gasteiger partial charge >= 0.3 is 0 Å². The largest absolute Gasteiger partial charge is 0.387 e. The van der Waals surface area contributed by atoms with E-state index in [1.807, 2.05) is 0 Å². The normalized spacial score (nSPS) is 11.1. The first-order valence-electron chi connectivity index (χ1n) is 5.44. The van der Waals surface area contributed by atoms with Gasteiger partial charge in [0.05, 0.1) is 10.7 Å². The lowest BCUT2D eigenvalue weighted by Gasteiger charge is -2.11. The summed E-state index contributed by atoms with van der Waals surface area (Å²) in [5, 5.41) is 3.28. The van der Waals surface area contributed by atoms with Gasteiger partial charge in [-0.2, -0.15) is 0 Å². The molecule has 1 aromatic carbocycles. The molecule has 7 heteroatoms. The molecule has 0 bridgehead atoms. The molecule has 1 aromatic heterocycles. The zero-order chi connectivity index (χ0) is 13.9. The standard InChI is InChI=1S/C12H12ClN3O2S/c1-14-10-4-2-3-5-11(10)19(17,18)16-12-7-6-9(13)8-15-12/h2-8,14H,1H3,(H,15,16). The fraction of sp³-hybridized carbons (Fsp3) is 0.0833. The van der Waals surface area contributed by atoms with E-state index in [-0.39, 0.29) is 10.7 Å². The van der Waals surface area contributed by atoms with Gasteiger partial charge in [0.25, 0.3) is 10.0 Å². The Morgan fingerprint density at radius 2 is 1.89 bits per heavy atom. The highest BCUT2D eigenvalue weighted by atomic mass is 35.5. The molecule has 0 aliphatic rings. The third-order valence-corrected chi connectivity index (χ3v) is 4.05. The SMILES string of the molecule is CNc1ccccc1S(=O)(=O)Nc1ccc(Cl)cn1. The molecule has 0 saturated carbocycles. The molecule has 0 amide bonds. The number of anilines is 2. The van der Waals surface area contributed by atoms with Crippen LogP contribution in [0, 0.1) is 0 Å². The van der Waals surface area contributed by atoms with E-state index in [9.17, 15) is 8.42 Å². The molecule has 0 aliphatic heterocycles. The fourth-order valence-electron chi connectivity index (χ4n) is 1.54. The van der Waals surface area contributed by atoms with Gasteiger partial charge in [0.15, 0.2) is 0 Å². The number of sulfonamides is 1. The van der Waals surface area contributed by atoms with Crippen molar-refractivity contribution in [2.75, 3.05) is 17.1 Å². The van der Waals surface area contributed by atoms with Gasteiger partial charge < -0.3 is 5.32 Å². The van der Waals surface area contributed by atoms with Gasteiger partial charge in [-0.15, -0.1) is 0 Å². The second-order valence-electron chi connectivity index (χ2n) is 3.71. The van der Waals surface area contributed by atoms with Crippen molar-refractivity contribution >= 4 is 33.1 Å². The van der Waals surface area contributed by atoms with Crippen molar-refractivity contribution in [2.45, 2.75) is 4.90 Å². The molecule has 0 spiro atoms. The van der Waals surface area contributed by atoms with Gasteiger partial charge in [-0.05, 0) is 24.3 Å². The Morgan fingerprint density at radius 1 is 1.16 bits per heavy atom. The van der Waals surface area contributed by atoms with Crippen LogP contribution in [0.5, 0.6) is 0 Å². The summed E-state index contributed by atoms with van der Waals surface area (Å²) >= 11 is 5.70. The smallest absolute Gasteiger partial charge is 0.265 e.